The van der Waals surface area contributed by atoms with E-state index >= 15 is 0 Å². The first-order valence-electron chi connectivity index (χ1n) is 8.76. The molecule has 0 saturated carbocycles. The van der Waals surface area contributed by atoms with Crippen LogP contribution in [-0.4, -0.2) is 36.7 Å². The molecule has 0 bridgehead atoms. The van der Waals surface area contributed by atoms with Crippen molar-refractivity contribution < 1.29 is 13.2 Å². The van der Waals surface area contributed by atoms with Gasteiger partial charge >= 0.3 is 0 Å². The average molecular weight is 406 g/mol. The molecule has 8 heteroatoms. The molecule has 0 atom stereocenters. The predicted octanol–water partition coefficient (Wildman–Crippen LogP) is 3.85. The first kappa shape index (κ1) is 18.8. The minimum absolute atomic E-state index is 0.178. The summed E-state index contributed by atoms with van der Waals surface area (Å²) in [6.45, 7) is 0. The van der Waals surface area contributed by atoms with Crippen molar-refractivity contribution in [2.45, 2.75) is 4.90 Å². The Bertz CT molecular complexity index is 1290. The van der Waals surface area contributed by atoms with Crippen LogP contribution in [0, 0.1) is 0 Å². The van der Waals surface area contributed by atoms with E-state index in [9.17, 15) is 8.42 Å². The Hall–Kier alpha value is -3.52. The Morgan fingerprint density at radius 2 is 1.72 bits per heavy atom. The zero-order chi connectivity index (χ0) is 20.4. The molecule has 29 heavy (non-hydrogen) atoms. The molecule has 0 fully saturated rings. The SMILES string of the molecule is COc1ccc(-c2cc(Nc3cnccc3S(C)(=O)=O)cc3nccnc23)cc1. The zero-order valence-corrected chi connectivity index (χ0v) is 16.6. The molecule has 7 nitrogen and oxygen atoms in total. The minimum atomic E-state index is -3.41. The molecule has 4 aromatic rings. The molecular formula is C21H18N4O3S. The number of ether oxygens (including phenoxy) is 1. The predicted molar refractivity (Wildman–Crippen MR) is 112 cm³/mol. The van der Waals surface area contributed by atoms with Crippen molar-refractivity contribution in [3.05, 3.63) is 67.3 Å². The van der Waals surface area contributed by atoms with Crippen molar-refractivity contribution in [3.63, 3.8) is 0 Å². The Labute approximate surface area is 168 Å². The summed E-state index contributed by atoms with van der Waals surface area (Å²) in [4.78, 5) is 13.1. The maximum atomic E-state index is 12.1. The molecule has 0 spiro atoms. The third-order valence-electron chi connectivity index (χ3n) is 4.43. The lowest BCUT2D eigenvalue weighted by Crippen LogP contribution is -2.03. The van der Waals surface area contributed by atoms with Gasteiger partial charge in [-0.25, -0.2) is 8.42 Å². The number of methoxy groups -OCH3 is 1. The van der Waals surface area contributed by atoms with Crippen LogP contribution in [0.2, 0.25) is 0 Å². The molecule has 0 amide bonds. The summed E-state index contributed by atoms with van der Waals surface area (Å²) >= 11 is 0. The fraction of sp³-hybridized carbons (Fsp3) is 0.0952. The highest BCUT2D eigenvalue weighted by atomic mass is 32.2. The van der Waals surface area contributed by atoms with Crippen LogP contribution >= 0.6 is 0 Å². The van der Waals surface area contributed by atoms with Crippen molar-refractivity contribution in [3.8, 4) is 16.9 Å². The molecule has 0 radical (unpaired) electrons. The molecule has 2 aromatic heterocycles. The van der Waals surface area contributed by atoms with Gasteiger partial charge in [-0.1, -0.05) is 12.1 Å². The fourth-order valence-electron chi connectivity index (χ4n) is 3.09. The number of pyridine rings is 1. The van der Waals surface area contributed by atoms with E-state index in [0.29, 0.717) is 16.9 Å². The van der Waals surface area contributed by atoms with E-state index in [-0.39, 0.29) is 4.90 Å². The van der Waals surface area contributed by atoms with Gasteiger partial charge in [0.05, 0.1) is 34.9 Å². The molecule has 0 aliphatic rings. The fourth-order valence-corrected chi connectivity index (χ4v) is 3.90. The number of hydrogen-bond donors (Lipinski definition) is 1. The lowest BCUT2D eigenvalue weighted by molar-refractivity contribution is 0.415. The summed E-state index contributed by atoms with van der Waals surface area (Å²) in [6, 6.07) is 12.9. The van der Waals surface area contributed by atoms with Gasteiger partial charge in [-0.05, 0) is 35.9 Å². The van der Waals surface area contributed by atoms with E-state index in [4.69, 9.17) is 4.74 Å². The molecule has 2 heterocycles. The number of anilines is 2. The van der Waals surface area contributed by atoms with Crippen molar-refractivity contribution in [2.75, 3.05) is 18.7 Å². The van der Waals surface area contributed by atoms with E-state index in [1.807, 2.05) is 36.4 Å². The van der Waals surface area contributed by atoms with Crippen molar-refractivity contribution in [2.24, 2.45) is 0 Å². The Kier molecular flexibility index (Phi) is 4.85. The number of nitrogens with zero attached hydrogens (tertiary/aromatic N) is 3. The highest BCUT2D eigenvalue weighted by Crippen LogP contribution is 2.33. The van der Waals surface area contributed by atoms with E-state index in [1.54, 1.807) is 19.5 Å². The molecule has 146 valence electrons. The highest BCUT2D eigenvalue weighted by Gasteiger charge is 2.15. The minimum Gasteiger partial charge on any atom is -0.497 e. The Morgan fingerprint density at radius 3 is 2.45 bits per heavy atom. The normalized spacial score (nSPS) is 11.4. The van der Waals surface area contributed by atoms with Crippen LogP contribution < -0.4 is 10.1 Å². The Morgan fingerprint density at radius 1 is 0.966 bits per heavy atom. The number of aromatic nitrogens is 3. The topological polar surface area (TPSA) is 94.1 Å². The number of rotatable bonds is 5. The van der Waals surface area contributed by atoms with Crippen LogP contribution in [0.3, 0.4) is 0 Å². The highest BCUT2D eigenvalue weighted by molar-refractivity contribution is 7.90. The summed E-state index contributed by atoms with van der Waals surface area (Å²) < 4.78 is 29.4. The summed E-state index contributed by atoms with van der Waals surface area (Å²) in [5.41, 5.74) is 4.33. The molecule has 0 aliphatic carbocycles. The van der Waals surface area contributed by atoms with Crippen LogP contribution in [0.25, 0.3) is 22.2 Å². The van der Waals surface area contributed by atoms with Gasteiger partial charge in [0.2, 0.25) is 0 Å². The van der Waals surface area contributed by atoms with Crippen molar-refractivity contribution >= 4 is 32.2 Å². The summed E-state index contributed by atoms with van der Waals surface area (Å²) in [5, 5.41) is 3.17. The molecular weight excluding hydrogens is 388 g/mol. The van der Waals surface area contributed by atoms with Gasteiger partial charge in [-0.3, -0.25) is 15.0 Å². The molecule has 0 aliphatic heterocycles. The second-order valence-electron chi connectivity index (χ2n) is 6.45. The summed E-state index contributed by atoms with van der Waals surface area (Å²) in [5.74, 6) is 0.756. The first-order chi connectivity index (χ1) is 14.0. The zero-order valence-electron chi connectivity index (χ0n) is 15.8. The molecule has 0 saturated heterocycles. The van der Waals surface area contributed by atoms with Crippen molar-refractivity contribution in [1.82, 2.24) is 15.0 Å². The number of fused-ring (bicyclic) bond motifs is 1. The molecule has 0 unspecified atom stereocenters. The standard InChI is InChI=1S/C21H18N4O3S/c1-28-16-5-3-14(4-6-16)17-11-15(12-18-21(17)24-10-9-23-18)25-19-13-22-8-7-20(19)29(2,26)27/h3-13,25H,1-2H3. The largest absolute Gasteiger partial charge is 0.497 e. The second-order valence-corrected chi connectivity index (χ2v) is 8.43. The Balaban J connectivity index is 1.85. The molecule has 2 aromatic carbocycles. The van der Waals surface area contributed by atoms with Gasteiger partial charge in [-0.2, -0.15) is 0 Å². The maximum Gasteiger partial charge on any atom is 0.177 e. The van der Waals surface area contributed by atoms with Crippen LogP contribution in [0.15, 0.2) is 72.1 Å². The van der Waals surface area contributed by atoms with Gasteiger partial charge in [0.15, 0.2) is 9.84 Å². The number of nitrogens with one attached hydrogen (secondary N) is 1. The van der Waals surface area contributed by atoms with Crippen LogP contribution in [0.1, 0.15) is 0 Å². The van der Waals surface area contributed by atoms with Gasteiger partial charge in [0, 0.05) is 36.1 Å². The number of hydrogen-bond acceptors (Lipinski definition) is 7. The van der Waals surface area contributed by atoms with E-state index < -0.39 is 9.84 Å². The van der Waals surface area contributed by atoms with Crippen LogP contribution in [0.4, 0.5) is 11.4 Å². The van der Waals surface area contributed by atoms with E-state index in [1.165, 1.54) is 24.7 Å². The number of benzene rings is 2. The average Bonchev–Trinajstić information content (AvgIpc) is 2.73. The maximum absolute atomic E-state index is 12.1. The van der Waals surface area contributed by atoms with Gasteiger partial charge in [-0.15, -0.1) is 0 Å². The van der Waals surface area contributed by atoms with E-state index in [2.05, 4.69) is 20.3 Å². The van der Waals surface area contributed by atoms with Crippen LogP contribution in [-0.2, 0) is 9.84 Å². The summed E-state index contributed by atoms with van der Waals surface area (Å²) in [6.07, 6.45) is 7.38. The first-order valence-corrected chi connectivity index (χ1v) is 10.6. The van der Waals surface area contributed by atoms with Crippen LogP contribution in [0.5, 0.6) is 5.75 Å². The lowest BCUT2D eigenvalue weighted by Gasteiger charge is -2.13. The molecule has 1 N–H and O–H groups in total. The van der Waals surface area contributed by atoms with Gasteiger partial charge in [0.25, 0.3) is 0 Å². The van der Waals surface area contributed by atoms with Gasteiger partial charge in [0.1, 0.15) is 5.75 Å². The quantitative estimate of drug-likeness (QED) is 0.538. The molecule has 4 rings (SSSR count). The third kappa shape index (κ3) is 3.88. The van der Waals surface area contributed by atoms with Gasteiger partial charge < -0.3 is 10.1 Å². The monoisotopic (exact) mass is 406 g/mol. The van der Waals surface area contributed by atoms with Crippen molar-refractivity contribution in [1.29, 1.82) is 0 Å². The summed E-state index contributed by atoms with van der Waals surface area (Å²) in [7, 11) is -1.79. The second kappa shape index (κ2) is 7.48. The van der Waals surface area contributed by atoms with E-state index in [0.717, 1.165) is 22.4 Å². The smallest absolute Gasteiger partial charge is 0.177 e. The number of sulfone groups is 1. The lowest BCUT2D eigenvalue weighted by atomic mass is 10.0. The third-order valence-corrected chi connectivity index (χ3v) is 5.59.